The van der Waals surface area contributed by atoms with Gasteiger partial charge in [-0.2, -0.15) is 0 Å². The van der Waals surface area contributed by atoms with Crippen molar-refractivity contribution in [1.29, 1.82) is 0 Å². The fraction of sp³-hybridized carbons (Fsp3) is 0.273. The monoisotopic (exact) mass is 424 g/mol. The predicted molar refractivity (Wildman–Crippen MR) is 109 cm³/mol. The van der Waals surface area contributed by atoms with E-state index in [0.29, 0.717) is 17.2 Å². The Kier molecular flexibility index (Phi) is 5.39. The maximum Gasteiger partial charge on any atom is 0.254 e. The lowest BCUT2D eigenvalue weighted by molar-refractivity contribution is 0.0762. The van der Waals surface area contributed by atoms with Gasteiger partial charge in [0, 0.05) is 28.7 Å². The number of likely N-dealkylation sites (tertiary alicyclic amines) is 1. The number of amides is 1. The molecule has 0 bridgehead atoms. The topological polar surface area (TPSA) is 46.3 Å². The minimum absolute atomic E-state index is 0.0645. The van der Waals surface area contributed by atoms with Gasteiger partial charge in [0.2, 0.25) is 5.89 Å². The Balaban J connectivity index is 1.66. The molecule has 5 heteroatoms. The summed E-state index contributed by atoms with van der Waals surface area (Å²) in [5, 5.41) is 0. The van der Waals surface area contributed by atoms with Crippen LogP contribution in [0.2, 0.25) is 0 Å². The number of oxazole rings is 1. The average molecular weight is 425 g/mol. The number of carbonyl (C=O) groups excluding carboxylic acids is 1. The normalized spacial score (nSPS) is 14.8. The standard InChI is InChI=1S/C22H21BrN2O2/c23-17-9-7-8-16(14-17)20-15-24-21(27-20)18-10-3-4-11-19(18)22(26)25-12-5-1-2-6-13-25/h3-4,7-11,14-15H,1-2,5-6,12-13H2. The third-order valence-electron chi connectivity index (χ3n) is 4.90. The van der Waals surface area contributed by atoms with E-state index in [2.05, 4.69) is 20.9 Å². The molecule has 2 aromatic carbocycles. The summed E-state index contributed by atoms with van der Waals surface area (Å²) < 4.78 is 6.99. The highest BCUT2D eigenvalue weighted by atomic mass is 79.9. The van der Waals surface area contributed by atoms with Gasteiger partial charge < -0.3 is 9.32 Å². The molecule has 0 atom stereocenters. The Hall–Kier alpha value is -2.40. The number of halogens is 1. The summed E-state index contributed by atoms with van der Waals surface area (Å²) >= 11 is 3.48. The van der Waals surface area contributed by atoms with Crippen LogP contribution in [0, 0.1) is 0 Å². The molecule has 1 aliphatic rings. The SMILES string of the molecule is O=C(c1ccccc1-c1ncc(-c2cccc(Br)c2)o1)N1CCCCCC1. The fourth-order valence-corrected chi connectivity index (χ4v) is 3.87. The third kappa shape index (κ3) is 3.98. The molecule has 4 nitrogen and oxygen atoms in total. The van der Waals surface area contributed by atoms with Crippen molar-refractivity contribution < 1.29 is 9.21 Å². The molecule has 4 rings (SSSR count). The van der Waals surface area contributed by atoms with Crippen molar-refractivity contribution in [3.63, 3.8) is 0 Å². The van der Waals surface area contributed by atoms with E-state index in [0.717, 1.165) is 41.5 Å². The number of benzene rings is 2. The van der Waals surface area contributed by atoms with Gasteiger partial charge in [0.05, 0.1) is 11.8 Å². The van der Waals surface area contributed by atoms with Crippen LogP contribution in [0.4, 0.5) is 0 Å². The molecule has 3 aromatic rings. The van der Waals surface area contributed by atoms with Crippen LogP contribution in [-0.2, 0) is 0 Å². The molecule has 1 amide bonds. The molecule has 0 N–H and O–H groups in total. The summed E-state index contributed by atoms with van der Waals surface area (Å²) in [5.41, 5.74) is 2.34. The molecular formula is C22H21BrN2O2. The van der Waals surface area contributed by atoms with Gasteiger partial charge in [-0.05, 0) is 37.1 Å². The zero-order chi connectivity index (χ0) is 18.6. The first kappa shape index (κ1) is 18.0. The second kappa shape index (κ2) is 8.09. The summed E-state index contributed by atoms with van der Waals surface area (Å²) in [4.78, 5) is 19.5. The maximum absolute atomic E-state index is 13.1. The van der Waals surface area contributed by atoms with Crippen LogP contribution in [0.25, 0.3) is 22.8 Å². The van der Waals surface area contributed by atoms with Crippen LogP contribution in [0.15, 0.2) is 63.6 Å². The largest absolute Gasteiger partial charge is 0.436 e. The van der Waals surface area contributed by atoms with Crippen molar-refractivity contribution >= 4 is 21.8 Å². The molecular weight excluding hydrogens is 404 g/mol. The van der Waals surface area contributed by atoms with E-state index in [1.165, 1.54) is 12.8 Å². The Morgan fingerprint density at radius 3 is 2.56 bits per heavy atom. The second-order valence-corrected chi connectivity index (χ2v) is 7.71. The van der Waals surface area contributed by atoms with Gasteiger partial charge in [-0.15, -0.1) is 0 Å². The smallest absolute Gasteiger partial charge is 0.254 e. The van der Waals surface area contributed by atoms with Gasteiger partial charge in [-0.3, -0.25) is 4.79 Å². The van der Waals surface area contributed by atoms with Gasteiger partial charge >= 0.3 is 0 Å². The molecule has 0 aliphatic carbocycles. The van der Waals surface area contributed by atoms with E-state index in [4.69, 9.17) is 4.42 Å². The first-order chi connectivity index (χ1) is 13.2. The zero-order valence-corrected chi connectivity index (χ0v) is 16.6. The summed E-state index contributed by atoms with van der Waals surface area (Å²) in [6, 6.07) is 15.5. The number of hydrogen-bond acceptors (Lipinski definition) is 3. The van der Waals surface area contributed by atoms with Crippen LogP contribution in [0.5, 0.6) is 0 Å². The lowest BCUT2D eigenvalue weighted by Gasteiger charge is -2.21. The van der Waals surface area contributed by atoms with Gasteiger partial charge in [0.1, 0.15) is 0 Å². The molecule has 0 spiro atoms. The lowest BCUT2D eigenvalue weighted by atomic mass is 10.1. The Labute approximate surface area is 167 Å². The quantitative estimate of drug-likeness (QED) is 0.534. The minimum Gasteiger partial charge on any atom is -0.436 e. The number of rotatable bonds is 3. The van der Waals surface area contributed by atoms with Gasteiger partial charge in [0.15, 0.2) is 5.76 Å². The molecule has 138 valence electrons. The number of aromatic nitrogens is 1. The van der Waals surface area contributed by atoms with Gasteiger partial charge in [-0.25, -0.2) is 4.98 Å². The Bertz CT molecular complexity index is 943. The van der Waals surface area contributed by atoms with Crippen molar-refractivity contribution in [3.05, 3.63) is 64.8 Å². The van der Waals surface area contributed by atoms with Crippen LogP contribution in [0.3, 0.4) is 0 Å². The highest BCUT2D eigenvalue weighted by Gasteiger charge is 2.22. The summed E-state index contributed by atoms with van der Waals surface area (Å²) in [5.74, 6) is 1.22. The van der Waals surface area contributed by atoms with Crippen molar-refractivity contribution in [2.45, 2.75) is 25.7 Å². The number of carbonyl (C=O) groups is 1. The molecule has 1 aliphatic heterocycles. The van der Waals surface area contributed by atoms with Gasteiger partial charge in [0.25, 0.3) is 5.91 Å². The summed E-state index contributed by atoms with van der Waals surface area (Å²) in [6.45, 7) is 1.64. The summed E-state index contributed by atoms with van der Waals surface area (Å²) in [6.07, 6.45) is 6.24. The highest BCUT2D eigenvalue weighted by molar-refractivity contribution is 9.10. The van der Waals surface area contributed by atoms with Crippen LogP contribution in [0.1, 0.15) is 36.0 Å². The molecule has 1 aromatic heterocycles. The number of nitrogens with zero attached hydrogens (tertiary/aromatic N) is 2. The summed E-state index contributed by atoms with van der Waals surface area (Å²) in [7, 11) is 0. The average Bonchev–Trinajstić information content (AvgIpc) is 3.03. The van der Waals surface area contributed by atoms with Gasteiger partial charge in [-0.1, -0.05) is 53.0 Å². The maximum atomic E-state index is 13.1. The van der Waals surface area contributed by atoms with Crippen molar-refractivity contribution in [1.82, 2.24) is 9.88 Å². The van der Waals surface area contributed by atoms with Crippen LogP contribution >= 0.6 is 15.9 Å². The van der Waals surface area contributed by atoms with E-state index in [9.17, 15) is 4.79 Å². The van der Waals surface area contributed by atoms with Crippen molar-refractivity contribution in [2.75, 3.05) is 13.1 Å². The Morgan fingerprint density at radius 1 is 1.00 bits per heavy atom. The van der Waals surface area contributed by atoms with Crippen LogP contribution < -0.4 is 0 Å². The van der Waals surface area contributed by atoms with E-state index in [-0.39, 0.29) is 5.91 Å². The molecule has 0 unspecified atom stereocenters. The predicted octanol–water partition coefficient (Wildman–Crippen LogP) is 5.79. The minimum atomic E-state index is 0.0645. The van der Waals surface area contributed by atoms with Crippen LogP contribution in [-0.4, -0.2) is 28.9 Å². The first-order valence-electron chi connectivity index (χ1n) is 9.33. The highest BCUT2D eigenvalue weighted by Crippen LogP contribution is 2.30. The molecule has 0 radical (unpaired) electrons. The molecule has 2 heterocycles. The third-order valence-corrected chi connectivity index (χ3v) is 5.39. The van der Waals surface area contributed by atoms with Crippen molar-refractivity contribution in [2.24, 2.45) is 0 Å². The lowest BCUT2D eigenvalue weighted by Crippen LogP contribution is -2.32. The molecule has 0 saturated carbocycles. The Morgan fingerprint density at radius 2 is 1.78 bits per heavy atom. The fourth-order valence-electron chi connectivity index (χ4n) is 3.47. The van der Waals surface area contributed by atoms with E-state index < -0.39 is 0 Å². The number of hydrogen-bond donors (Lipinski definition) is 0. The van der Waals surface area contributed by atoms with E-state index in [1.54, 1.807) is 6.20 Å². The molecule has 1 fully saturated rings. The molecule has 1 saturated heterocycles. The van der Waals surface area contributed by atoms with E-state index >= 15 is 0 Å². The second-order valence-electron chi connectivity index (χ2n) is 6.79. The zero-order valence-electron chi connectivity index (χ0n) is 15.0. The van der Waals surface area contributed by atoms with Crippen molar-refractivity contribution in [3.8, 4) is 22.8 Å². The first-order valence-corrected chi connectivity index (χ1v) is 10.1. The van der Waals surface area contributed by atoms with E-state index in [1.807, 2.05) is 53.4 Å². The molecule has 27 heavy (non-hydrogen) atoms.